The zero-order valence-corrected chi connectivity index (χ0v) is 13.3. The third-order valence-corrected chi connectivity index (χ3v) is 3.89. The molecule has 0 aromatic heterocycles. The first-order chi connectivity index (χ1) is 10.3. The van der Waals surface area contributed by atoms with Crippen LogP contribution in [0.3, 0.4) is 0 Å². The van der Waals surface area contributed by atoms with Crippen LogP contribution in [0, 0.1) is 0 Å². The van der Waals surface area contributed by atoms with E-state index in [4.69, 9.17) is 32.7 Å². The van der Waals surface area contributed by atoms with Gasteiger partial charge in [0.15, 0.2) is 11.6 Å². The van der Waals surface area contributed by atoms with Gasteiger partial charge in [-0.3, -0.25) is 4.79 Å². The third kappa shape index (κ3) is 3.63. The molecule has 6 nitrogen and oxygen atoms in total. The minimum atomic E-state index is -1.40. The number of amides is 1. The van der Waals surface area contributed by atoms with E-state index in [1.54, 1.807) is 12.1 Å². The number of benzene rings is 1. The lowest BCUT2D eigenvalue weighted by Crippen LogP contribution is -2.57. The van der Waals surface area contributed by atoms with Crippen molar-refractivity contribution in [1.29, 1.82) is 0 Å². The minimum Gasteiger partial charge on any atom is -0.479 e. The molecular weight excluding hydrogens is 333 g/mol. The van der Waals surface area contributed by atoms with Gasteiger partial charge in [-0.25, -0.2) is 4.79 Å². The molecule has 1 saturated heterocycles. The van der Waals surface area contributed by atoms with Crippen LogP contribution in [-0.4, -0.2) is 41.8 Å². The predicted molar refractivity (Wildman–Crippen MR) is 80.5 cm³/mol. The fourth-order valence-corrected chi connectivity index (χ4v) is 2.49. The Morgan fingerprint density at radius 2 is 2.18 bits per heavy atom. The largest absolute Gasteiger partial charge is 0.479 e. The molecular formula is C14H15Cl2NO5. The molecule has 22 heavy (non-hydrogen) atoms. The summed E-state index contributed by atoms with van der Waals surface area (Å²) in [6.07, 6.45) is -0.710. The van der Waals surface area contributed by atoms with Crippen molar-refractivity contribution in [2.24, 2.45) is 0 Å². The number of ether oxygens (including phenoxy) is 2. The Labute approximate surface area is 137 Å². The summed E-state index contributed by atoms with van der Waals surface area (Å²) in [6, 6.07) is 4.61. The zero-order valence-electron chi connectivity index (χ0n) is 11.8. The van der Waals surface area contributed by atoms with Gasteiger partial charge in [0.25, 0.3) is 5.91 Å². The number of nitrogens with one attached hydrogen (secondary N) is 1. The van der Waals surface area contributed by atoms with Crippen molar-refractivity contribution in [2.75, 3.05) is 13.2 Å². The number of rotatable bonds is 5. The molecule has 1 heterocycles. The van der Waals surface area contributed by atoms with Crippen LogP contribution in [0.4, 0.5) is 0 Å². The third-order valence-electron chi connectivity index (χ3n) is 3.36. The molecule has 2 unspecified atom stereocenters. The molecule has 1 aliphatic rings. The number of carbonyl (C=O) groups is 2. The van der Waals surface area contributed by atoms with Gasteiger partial charge in [0.1, 0.15) is 5.75 Å². The monoisotopic (exact) mass is 347 g/mol. The van der Waals surface area contributed by atoms with E-state index in [0.29, 0.717) is 10.8 Å². The van der Waals surface area contributed by atoms with E-state index < -0.39 is 23.5 Å². The second-order valence-electron chi connectivity index (χ2n) is 5.01. The molecule has 1 amide bonds. The van der Waals surface area contributed by atoms with Crippen LogP contribution in [0.15, 0.2) is 18.2 Å². The smallest absolute Gasteiger partial charge is 0.331 e. The first-order valence-corrected chi connectivity index (χ1v) is 7.34. The summed E-state index contributed by atoms with van der Waals surface area (Å²) in [4.78, 5) is 23.5. The lowest BCUT2D eigenvalue weighted by molar-refractivity contribution is -0.148. The summed E-state index contributed by atoms with van der Waals surface area (Å²) >= 11 is 11.8. The normalized spacial score (nSPS) is 22.1. The summed E-state index contributed by atoms with van der Waals surface area (Å²) < 4.78 is 10.5. The summed E-state index contributed by atoms with van der Waals surface area (Å²) in [7, 11) is 0. The first kappa shape index (κ1) is 16.9. The number of carbonyl (C=O) groups excluding carboxylic acids is 1. The maximum absolute atomic E-state index is 12.2. The van der Waals surface area contributed by atoms with E-state index in [0.717, 1.165) is 0 Å². The lowest BCUT2D eigenvalue weighted by atomic mass is 9.98. The Morgan fingerprint density at radius 3 is 2.73 bits per heavy atom. The molecule has 0 aliphatic carbocycles. The molecule has 120 valence electrons. The van der Waals surface area contributed by atoms with Gasteiger partial charge in [-0.1, -0.05) is 23.2 Å². The maximum atomic E-state index is 12.2. The summed E-state index contributed by atoms with van der Waals surface area (Å²) in [5.74, 6) is -1.39. The molecule has 1 aliphatic heterocycles. The topological polar surface area (TPSA) is 84.9 Å². The lowest BCUT2D eigenvalue weighted by Gasteiger charge is -2.26. The number of carboxylic acids is 1. The standard InChI is InChI=1S/C14H15Cl2NO5/c1-8(22-11-3-2-9(15)6-10(11)16)12(18)17-14(13(19)20)4-5-21-7-14/h2-3,6,8H,4-5,7H2,1H3,(H,17,18)(H,19,20). The highest BCUT2D eigenvalue weighted by atomic mass is 35.5. The van der Waals surface area contributed by atoms with Crippen molar-refractivity contribution in [3.8, 4) is 5.75 Å². The number of halogens is 2. The van der Waals surface area contributed by atoms with Gasteiger partial charge in [-0.2, -0.15) is 0 Å². The van der Waals surface area contributed by atoms with E-state index in [9.17, 15) is 14.7 Å². The maximum Gasteiger partial charge on any atom is 0.331 e. The van der Waals surface area contributed by atoms with E-state index >= 15 is 0 Å². The molecule has 0 bridgehead atoms. The van der Waals surface area contributed by atoms with E-state index in [1.165, 1.54) is 13.0 Å². The Balaban J connectivity index is 2.04. The Hall–Kier alpha value is -1.50. The van der Waals surface area contributed by atoms with E-state index in [-0.39, 0.29) is 24.7 Å². The summed E-state index contributed by atoms with van der Waals surface area (Å²) in [5, 5.41) is 12.5. The predicted octanol–water partition coefficient (Wildman–Crippen LogP) is 2.12. The highest BCUT2D eigenvalue weighted by molar-refractivity contribution is 6.35. The van der Waals surface area contributed by atoms with Crippen molar-refractivity contribution in [2.45, 2.75) is 25.0 Å². The van der Waals surface area contributed by atoms with Crippen molar-refractivity contribution < 1.29 is 24.2 Å². The molecule has 0 radical (unpaired) electrons. The second-order valence-corrected chi connectivity index (χ2v) is 5.86. The molecule has 2 rings (SSSR count). The number of aliphatic carboxylic acids is 1. The van der Waals surface area contributed by atoms with Crippen LogP contribution in [0.25, 0.3) is 0 Å². The summed E-state index contributed by atoms with van der Waals surface area (Å²) in [6.45, 7) is 1.72. The minimum absolute atomic E-state index is 0.0670. The van der Waals surface area contributed by atoms with Gasteiger partial charge >= 0.3 is 5.97 Å². The van der Waals surface area contributed by atoms with Gasteiger partial charge in [-0.15, -0.1) is 0 Å². The Morgan fingerprint density at radius 1 is 1.45 bits per heavy atom. The van der Waals surface area contributed by atoms with Gasteiger partial charge < -0.3 is 19.9 Å². The van der Waals surface area contributed by atoms with E-state index in [1.807, 2.05) is 0 Å². The quantitative estimate of drug-likeness (QED) is 0.852. The fourth-order valence-electron chi connectivity index (χ4n) is 2.04. The average molecular weight is 348 g/mol. The zero-order chi connectivity index (χ0) is 16.3. The van der Waals surface area contributed by atoms with Crippen molar-refractivity contribution in [3.63, 3.8) is 0 Å². The number of hydrogen-bond donors (Lipinski definition) is 2. The molecule has 8 heteroatoms. The average Bonchev–Trinajstić information content (AvgIpc) is 2.91. The fraction of sp³-hybridized carbons (Fsp3) is 0.429. The van der Waals surface area contributed by atoms with Crippen LogP contribution in [0.1, 0.15) is 13.3 Å². The van der Waals surface area contributed by atoms with Gasteiger partial charge in [0.2, 0.25) is 0 Å². The number of hydrogen-bond acceptors (Lipinski definition) is 4. The molecule has 2 N–H and O–H groups in total. The van der Waals surface area contributed by atoms with Gasteiger partial charge in [0.05, 0.1) is 11.6 Å². The summed E-state index contributed by atoms with van der Waals surface area (Å²) in [5.41, 5.74) is -1.40. The Kier molecular flexibility index (Phi) is 5.16. The van der Waals surface area contributed by atoms with Gasteiger partial charge in [-0.05, 0) is 25.1 Å². The number of carboxylic acid groups (broad SMARTS) is 1. The van der Waals surface area contributed by atoms with E-state index in [2.05, 4.69) is 5.32 Å². The van der Waals surface area contributed by atoms with Crippen LogP contribution < -0.4 is 10.1 Å². The van der Waals surface area contributed by atoms with Crippen molar-refractivity contribution in [1.82, 2.24) is 5.32 Å². The molecule has 0 spiro atoms. The molecule has 1 fully saturated rings. The van der Waals surface area contributed by atoms with Gasteiger partial charge in [0, 0.05) is 18.1 Å². The van der Waals surface area contributed by atoms with Crippen LogP contribution in [-0.2, 0) is 14.3 Å². The highest BCUT2D eigenvalue weighted by Gasteiger charge is 2.44. The van der Waals surface area contributed by atoms with Crippen LogP contribution in [0.5, 0.6) is 5.75 Å². The van der Waals surface area contributed by atoms with Crippen molar-refractivity contribution in [3.05, 3.63) is 28.2 Å². The first-order valence-electron chi connectivity index (χ1n) is 6.59. The second kappa shape index (κ2) is 6.73. The van der Waals surface area contributed by atoms with Crippen molar-refractivity contribution >= 4 is 35.1 Å². The van der Waals surface area contributed by atoms with Crippen LogP contribution >= 0.6 is 23.2 Å². The van der Waals surface area contributed by atoms with Crippen LogP contribution in [0.2, 0.25) is 10.0 Å². The highest BCUT2D eigenvalue weighted by Crippen LogP contribution is 2.28. The molecule has 0 saturated carbocycles. The molecule has 1 aromatic carbocycles. The SMILES string of the molecule is CC(Oc1ccc(Cl)cc1Cl)C(=O)NC1(C(=O)O)CCOC1. The molecule has 1 aromatic rings. The Bertz CT molecular complexity index is 587. The molecule has 2 atom stereocenters.